The first kappa shape index (κ1) is 18.4. The van der Waals surface area contributed by atoms with Crippen LogP contribution in [0, 0.1) is 10.1 Å². The molecule has 10 heteroatoms. The number of sulfonamides is 1. The van der Waals surface area contributed by atoms with E-state index in [9.17, 15) is 18.5 Å². The summed E-state index contributed by atoms with van der Waals surface area (Å²) in [5, 5.41) is 16.9. The second-order valence-electron chi connectivity index (χ2n) is 5.88. The highest BCUT2D eigenvalue weighted by Crippen LogP contribution is 2.31. The number of primary sulfonamides is 1. The van der Waals surface area contributed by atoms with Gasteiger partial charge in [0.1, 0.15) is 4.90 Å². The summed E-state index contributed by atoms with van der Waals surface area (Å²) in [7, 11) is -4.09. The summed E-state index contributed by atoms with van der Waals surface area (Å²) in [6.45, 7) is 2.33. The lowest BCUT2D eigenvalue weighted by Gasteiger charge is -2.38. The molecule has 8 nitrogen and oxygen atoms in total. The monoisotopic (exact) mass is 396 g/mol. The summed E-state index contributed by atoms with van der Waals surface area (Å²) in [5.74, 6) is 0. The van der Waals surface area contributed by atoms with E-state index in [1.54, 1.807) is 0 Å². The molecule has 0 atom stereocenters. The molecule has 0 saturated carbocycles. The number of nitrogens with two attached hydrogens (primary N) is 1. The molecule has 138 valence electrons. The molecule has 1 aliphatic heterocycles. The Balaban J connectivity index is 1.85. The number of non-ortho nitro benzene ring substituents is 1. The van der Waals surface area contributed by atoms with Gasteiger partial charge in [-0.1, -0.05) is 23.7 Å². The smallest absolute Gasteiger partial charge is 0.270 e. The van der Waals surface area contributed by atoms with Crippen LogP contribution in [0.25, 0.3) is 0 Å². The first-order valence-electron chi connectivity index (χ1n) is 7.83. The molecular formula is C16H17ClN4O4S. The van der Waals surface area contributed by atoms with Gasteiger partial charge in [-0.2, -0.15) is 0 Å². The Kier molecular flexibility index (Phi) is 5.03. The van der Waals surface area contributed by atoms with E-state index in [0.29, 0.717) is 36.9 Å². The topological polar surface area (TPSA) is 110 Å². The number of piperazine rings is 1. The number of halogens is 1. The van der Waals surface area contributed by atoms with Crippen LogP contribution in [0.3, 0.4) is 0 Å². The molecule has 0 spiro atoms. The minimum absolute atomic E-state index is 0.238. The predicted molar refractivity (Wildman–Crippen MR) is 100 cm³/mol. The molecule has 2 aromatic carbocycles. The fourth-order valence-corrected chi connectivity index (χ4v) is 4.03. The van der Waals surface area contributed by atoms with E-state index in [2.05, 4.69) is 4.90 Å². The second kappa shape index (κ2) is 7.10. The molecule has 0 amide bonds. The van der Waals surface area contributed by atoms with E-state index in [4.69, 9.17) is 16.7 Å². The molecule has 0 aromatic heterocycles. The lowest BCUT2D eigenvalue weighted by molar-refractivity contribution is -0.385. The van der Waals surface area contributed by atoms with Crippen molar-refractivity contribution in [3.63, 3.8) is 0 Å². The third kappa shape index (κ3) is 3.74. The van der Waals surface area contributed by atoms with E-state index >= 15 is 0 Å². The summed E-state index contributed by atoms with van der Waals surface area (Å²) in [5.41, 5.74) is 0.980. The Morgan fingerprint density at radius 3 is 2.12 bits per heavy atom. The van der Waals surface area contributed by atoms with Crippen LogP contribution in [0.1, 0.15) is 0 Å². The van der Waals surface area contributed by atoms with Crippen LogP contribution in [0.4, 0.5) is 17.1 Å². The van der Waals surface area contributed by atoms with Crippen LogP contribution < -0.4 is 14.9 Å². The highest BCUT2D eigenvalue weighted by molar-refractivity contribution is 7.89. The van der Waals surface area contributed by atoms with Crippen molar-refractivity contribution in [2.45, 2.75) is 4.90 Å². The summed E-state index contributed by atoms with van der Waals surface area (Å²) >= 11 is 6.23. The summed E-state index contributed by atoms with van der Waals surface area (Å²) in [6.07, 6.45) is 0. The Morgan fingerprint density at radius 1 is 1.00 bits per heavy atom. The van der Waals surface area contributed by atoms with E-state index in [1.807, 2.05) is 29.2 Å². The van der Waals surface area contributed by atoms with Crippen LogP contribution in [0.2, 0.25) is 5.02 Å². The lowest BCUT2D eigenvalue weighted by Crippen LogP contribution is -2.47. The Bertz CT molecular complexity index is 943. The molecule has 1 saturated heterocycles. The van der Waals surface area contributed by atoms with Crippen molar-refractivity contribution in [2.75, 3.05) is 36.0 Å². The maximum atomic E-state index is 11.9. The van der Waals surface area contributed by atoms with Gasteiger partial charge in [-0.3, -0.25) is 10.1 Å². The van der Waals surface area contributed by atoms with Gasteiger partial charge in [-0.25, -0.2) is 13.6 Å². The van der Waals surface area contributed by atoms with Crippen molar-refractivity contribution in [1.29, 1.82) is 0 Å². The van der Waals surface area contributed by atoms with Crippen LogP contribution in [-0.2, 0) is 10.0 Å². The molecule has 1 fully saturated rings. The van der Waals surface area contributed by atoms with Gasteiger partial charge in [-0.05, 0) is 18.2 Å². The molecule has 0 bridgehead atoms. The van der Waals surface area contributed by atoms with Gasteiger partial charge in [0.2, 0.25) is 10.0 Å². The van der Waals surface area contributed by atoms with E-state index < -0.39 is 14.9 Å². The van der Waals surface area contributed by atoms with Gasteiger partial charge in [0.15, 0.2) is 0 Å². The van der Waals surface area contributed by atoms with Gasteiger partial charge in [0, 0.05) is 38.3 Å². The Hall–Kier alpha value is -2.36. The van der Waals surface area contributed by atoms with Gasteiger partial charge in [-0.15, -0.1) is 0 Å². The minimum atomic E-state index is -4.09. The maximum Gasteiger partial charge on any atom is 0.270 e. The number of nitro benzene ring substituents is 1. The largest absolute Gasteiger partial charge is 0.367 e. The second-order valence-corrected chi connectivity index (χ2v) is 7.82. The van der Waals surface area contributed by atoms with E-state index in [1.165, 1.54) is 12.1 Å². The van der Waals surface area contributed by atoms with Crippen molar-refractivity contribution in [3.8, 4) is 0 Å². The van der Waals surface area contributed by atoms with Crippen LogP contribution in [-0.4, -0.2) is 39.5 Å². The van der Waals surface area contributed by atoms with E-state index in [0.717, 1.165) is 11.8 Å². The molecule has 1 heterocycles. The number of hydrogen-bond donors (Lipinski definition) is 1. The van der Waals surface area contributed by atoms with Crippen molar-refractivity contribution < 1.29 is 13.3 Å². The third-order valence-electron chi connectivity index (χ3n) is 4.27. The summed E-state index contributed by atoms with van der Waals surface area (Å²) in [6, 6.07) is 11.2. The molecule has 26 heavy (non-hydrogen) atoms. The quantitative estimate of drug-likeness (QED) is 0.626. The Morgan fingerprint density at radius 2 is 1.58 bits per heavy atom. The minimum Gasteiger partial charge on any atom is -0.367 e. The highest BCUT2D eigenvalue weighted by Gasteiger charge is 2.25. The van der Waals surface area contributed by atoms with Crippen molar-refractivity contribution in [2.24, 2.45) is 5.14 Å². The molecule has 1 aliphatic rings. The number of para-hydroxylation sites is 1. The summed E-state index contributed by atoms with van der Waals surface area (Å²) in [4.78, 5) is 14.0. The zero-order chi connectivity index (χ0) is 18.9. The average Bonchev–Trinajstić information content (AvgIpc) is 2.61. The number of anilines is 2. The average molecular weight is 397 g/mol. The molecule has 0 aliphatic carbocycles. The fourth-order valence-electron chi connectivity index (χ4n) is 3.00. The number of rotatable bonds is 4. The molecule has 0 unspecified atom stereocenters. The van der Waals surface area contributed by atoms with Gasteiger partial charge >= 0.3 is 0 Å². The van der Waals surface area contributed by atoms with Crippen LogP contribution in [0.15, 0.2) is 47.4 Å². The number of hydrogen-bond acceptors (Lipinski definition) is 6. The van der Waals surface area contributed by atoms with Crippen LogP contribution in [0.5, 0.6) is 0 Å². The Labute approximate surface area is 156 Å². The zero-order valence-corrected chi connectivity index (χ0v) is 15.3. The molecular weight excluding hydrogens is 380 g/mol. The predicted octanol–water partition coefficient (Wildman–Crippen LogP) is 2.22. The SMILES string of the molecule is NS(=O)(=O)c1cc([N+](=O)[O-])ccc1N1CCN(c2ccccc2Cl)CC1. The molecule has 3 rings (SSSR count). The zero-order valence-electron chi connectivity index (χ0n) is 13.7. The molecule has 2 aromatic rings. The highest BCUT2D eigenvalue weighted by atomic mass is 35.5. The summed E-state index contributed by atoms with van der Waals surface area (Å²) < 4.78 is 23.8. The normalized spacial score (nSPS) is 15.2. The standard InChI is InChI=1S/C16H17ClN4O4S/c17-13-3-1-2-4-14(13)19-7-9-20(10-8-19)15-6-5-12(21(22)23)11-16(15)26(18,24)25/h1-6,11H,7-10H2,(H2,18,24,25). The number of nitro groups is 1. The first-order valence-corrected chi connectivity index (χ1v) is 9.75. The van der Waals surface area contributed by atoms with Gasteiger partial charge < -0.3 is 9.80 Å². The maximum absolute atomic E-state index is 11.9. The number of nitrogens with zero attached hydrogens (tertiary/aromatic N) is 3. The third-order valence-corrected chi connectivity index (χ3v) is 5.53. The fraction of sp³-hybridized carbons (Fsp3) is 0.250. The molecule has 2 N–H and O–H groups in total. The molecule has 0 radical (unpaired) electrons. The van der Waals surface area contributed by atoms with Crippen molar-refractivity contribution in [1.82, 2.24) is 0 Å². The van der Waals surface area contributed by atoms with Crippen molar-refractivity contribution in [3.05, 3.63) is 57.6 Å². The lowest BCUT2D eigenvalue weighted by atomic mass is 10.2. The van der Waals surface area contributed by atoms with Gasteiger partial charge in [0.25, 0.3) is 5.69 Å². The van der Waals surface area contributed by atoms with Crippen molar-refractivity contribution >= 4 is 38.7 Å². The van der Waals surface area contributed by atoms with Crippen LogP contribution >= 0.6 is 11.6 Å². The number of benzene rings is 2. The van der Waals surface area contributed by atoms with E-state index in [-0.39, 0.29) is 10.6 Å². The first-order chi connectivity index (χ1) is 12.3. The van der Waals surface area contributed by atoms with Gasteiger partial charge in [0.05, 0.1) is 21.3 Å².